The molecule has 0 aliphatic heterocycles. The van der Waals surface area contributed by atoms with Crippen molar-refractivity contribution in [3.05, 3.63) is 29.8 Å². The minimum absolute atomic E-state index is 0.0370. The molecule has 0 aromatic heterocycles. The molecule has 0 N–H and O–H groups in total. The Morgan fingerprint density at radius 2 is 1.63 bits per heavy atom. The van der Waals surface area contributed by atoms with Gasteiger partial charge >= 0.3 is 0 Å². The topological polar surface area (TPSA) is 44.8 Å². The number of carbonyl (C=O) groups excluding carboxylic acids is 1. The van der Waals surface area contributed by atoms with Gasteiger partial charge in [0.2, 0.25) is 0 Å². The number of hydrogen-bond donors (Lipinski definition) is 0. The van der Waals surface area contributed by atoms with Gasteiger partial charge in [0.05, 0.1) is 7.11 Å². The van der Waals surface area contributed by atoms with E-state index < -0.39 is 0 Å². The summed E-state index contributed by atoms with van der Waals surface area (Å²) in [5.74, 6) is 0.819. The van der Waals surface area contributed by atoms with Gasteiger partial charge in [-0.2, -0.15) is 0 Å². The van der Waals surface area contributed by atoms with Gasteiger partial charge in [0.15, 0.2) is 6.29 Å². The van der Waals surface area contributed by atoms with Crippen molar-refractivity contribution >= 4 is 6.29 Å². The standard InChI is InChI=1S/C9H10O2.C6H14O2/c1-11-9-4-2-8(3-5-9)6-7-10;1-4-7-6(3)8-5-2/h2-5,7H,6H2,1H3;6H,4-5H2,1-3H3. The highest BCUT2D eigenvalue weighted by Crippen LogP contribution is 2.10. The molecule has 4 nitrogen and oxygen atoms in total. The van der Waals surface area contributed by atoms with Crippen LogP contribution in [-0.4, -0.2) is 32.9 Å². The summed E-state index contributed by atoms with van der Waals surface area (Å²) in [6, 6.07) is 7.46. The molecule has 0 aliphatic rings. The second-order valence-corrected chi connectivity index (χ2v) is 3.70. The number of rotatable bonds is 7. The summed E-state index contributed by atoms with van der Waals surface area (Å²) >= 11 is 0. The van der Waals surface area contributed by atoms with Crippen LogP contribution in [0.25, 0.3) is 0 Å². The van der Waals surface area contributed by atoms with Crippen LogP contribution in [0.3, 0.4) is 0 Å². The van der Waals surface area contributed by atoms with Gasteiger partial charge < -0.3 is 19.0 Å². The number of ether oxygens (including phenoxy) is 3. The molecule has 1 aromatic rings. The molecule has 19 heavy (non-hydrogen) atoms. The summed E-state index contributed by atoms with van der Waals surface area (Å²) in [6.07, 6.45) is 1.33. The molecule has 0 saturated heterocycles. The fourth-order valence-electron chi connectivity index (χ4n) is 1.38. The van der Waals surface area contributed by atoms with E-state index in [9.17, 15) is 4.79 Å². The minimum atomic E-state index is -0.0370. The van der Waals surface area contributed by atoms with Crippen molar-refractivity contribution in [3.8, 4) is 5.75 Å². The Kier molecular flexibility index (Phi) is 10.8. The molecule has 0 fully saturated rings. The second kappa shape index (κ2) is 11.7. The molecule has 0 radical (unpaired) electrons. The maximum Gasteiger partial charge on any atom is 0.154 e. The second-order valence-electron chi connectivity index (χ2n) is 3.70. The van der Waals surface area contributed by atoms with Crippen LogP contribution in [0.1, 0.15) is 26.3 Å². The molecule has 0 unspecified atom stereocenters. The smallest absolute Gasteiger partial charge is 0.154 e. The zero-order valence-corrected chi connectivity index (χ0v) is 12.2. The van der Waals surface area contributed by atoms with E-state index in [4.69, 9.17) is 14.2 Å². The van der Waals surface area contributed by atoms with E-state index in [1.807, 2.05) is 45.0 Å². The average molecular weight is 268 g/mol. The van der Waals surface area contributed by atoms with Crippen LogP contribution in [0.4, 0.5) is 0 Å². The summed E-state index contributed by atoms with van der Waals surface area (Å²) in [5, 5.41) is 0. The number of methoxy groups -OCH3 is 1. The average Bonchev–Trinajstić information content (AvgIpc) is 2.41. The maximum absolute atomic E-state index is 10.1. The highest BCUT2D eigenvalue weighted by Gasteiger charge is 1.94. The van der Waals surface area contributed by atoms with Gasteiger partial charge in [0, 0.05) is 19.6 Å². The Balaban J connectivity index is 0.000000362. The van der Waals surface area contributed by atoms with Crippen LogP contribution in [-0.2, 0) is 20.7 Å². The van der Waals surface area contributed by atoms with Crippen LogP contribution < -0.4 is 4.74 Å². The number of hydrogen-bond acceptors (Lipinski definition) is 4. The SMILES string of the molecule is CCOC(C)OCC.COc1ccc(CC=O)cc1. The maximum atomic E-state index is 10.1. The first-order valence-corrected chi connectivity index (χ1v) is 6.47. The third-order valence-corrected chi connectivity index (χ3v) is 2.28. The van der Waals surface area contributed by atoms with Crippen molar-refractivity contribution in [2.45, 2.75) is 33.5 Å². The highest BCUT2D eigenvalue weighted by molar-refractivity contribution is 5.55. The predicted octanol–water partition coefficient (Wildman–Crippen LogP) is 2.84. The summed E-state index contributed by atoms with van der Waals surface area (Å²) in [4.78, 5) is 10.1. The van der Waals surface area contributed by atoms with E-state index in [0.29, 0.717) is 6.42 Å². The van der Waals surface area contributed by atoms with Crippen LogP contribution >= 0.6 is 0 Å². The highest BCUT2D eigenvalue weighted by atomic mass is 16.7. The quantitative estimate of drug-likeness (QED) is 0.563. The summed E-state index contributed by atoms with van der Waals surface area (Å²) in [6.45, 7) is 7.25. The van der Waals surface area contributed by atoms with Crippen molar-refractivity contribution < 1.29 is 19.0 Å². The van der Waals surface area contributed by atoms with Crippen LogP contribution in [0.5, 0.6) is 5.75 Å². The molecule has 0 atom stereocenters. The largest absolute Gasteiger partial charge is 0.497 e. The first-order valence-electron chi connectivity index (χ1n) is 6.47. The fourth-order valence-corrected chi connectivity index (χ4v) is 1.38. The van der Waals surface area contributed by atoms with Gasteiger partial charge in [-0.05, 0) is 38.5 Å². The van der Waals surface area contributed by atoms with Gasteiger partial charge in [-0.3, -0.25) is 0 Å². The molecule has 1 aromatic carbocycles. The monoisotopic (exact) mass is 268 g/mol. The summed E-state index contributed by atoms with van der Waals surface area (Å²) < 4.78 is 15.1. The first-order chi connectivity index (χ1) is 9.17. The molecule has 0 aliphatic carbocycles. The lowest BCUT2D eigenvalue weighted by Crippen LogP contribution is -2.11. The molecular weight excluding hydrogens is 244 g/mol. The van der Waals surface area contributed by atoms with Gasteiger partial charge in [0.25, 0.3) is 0 Å². The van der Waals surface area contributed by atoms with Gasteiger partial charge in [-0.15, -0.1) is 0 Å². The fraction of sp³-hybridized carbons (Fsp3) is 0.533. The van der Waals surface area contributed by atoms with Crippen molar-refractivity contribution in [1.29, 1.82) is 0 Å². The van der Waals surface area contributed by atoms with E-state index in [1.165, 1.54) is 0 Å². The van der Waals surface area contributed by atoms with E-state index in [-0.39, 0.29) is 6.29 Å². The normalized spacial score (nSPS) is 9.74. The van der Waals surface area contributed by atoms with Crippen LogP contribution in [0.15, 0.2) is 24.3 Å². The Hall–Kier alpha value is -1.39. The van der Waals surface area contributed by atoms with Crippen LogP contribution in [0.2, 0.25) is 0 Å². The summed E-state index contributed by atoms with van der Waals surface area (Å²) in [5.41, 5.74) is 1.01. The lowest BCUT2D eigenvalue weighted by Gasteiger charge is -2.09. The van der Waals surface area contributed by atoms with Crippen molar-refractivity contribution in [1.82, 2.24) is 0 Å². The number of aldehydes is 1. The Morgan fingerprint density at radius 3 is 2.00 bits per heavy atom. The van der Waals surface area contributed by atoms with Crippen molar-refractivity contribution in [3.63, 3.8) is 0 Å². The lowest BCUT2D eigenvalue weighted by molar-refractivity contribution is -0.123. The predicted molar refractivity (Wildman–Crippen MR) is 75.5 cm³/mol. The zero-order valence-electron chi connectivity index (χ0n) is 12.2. The lowest BCUT2D eigenvalue weighted by atomic mass is 10.2. The van der Waals surface area contributed by atoms with Gasteiger partial charge in [-0.1, -0.05) is 12.1 Å². The van der Waals surface area contributed by atoms with Gasteiger partial charge in [0.1, 0.15) is 12.0 Å². The molecule has 1 rings (SSSR count). The Bertz CT molecular complexity index is 315. The Labute approximate surface area is 115 Å². The van der Waals surface area contributed by atoms with Crippen molar-refractivity contribution in [2.75, 3.05) is 20.3 Å². The zero-order chi connectivity index (χ0) is 14.5. The first kappa shape index (κ1) is 17.6. The molecular formula is C15H24O4. The molecule has 4 heteroatoms. The molecule has 0 heterocycles. The molecule has 0 amide bonds. The van der Waals surface area contributed by atoms with Crippen LogP contribution in [0, 0.1) is 0 Å². The number of carbonyl (C=O) groups is 1. The van der Waals surface area contributed by atoms with E-state index in [1.54, 1.807) is 7.11 Å². The molecule has 108 valence electrons. The third kappa shape index (κ3) is 9.22. The Morgan fingerprint density at radius 1 is 1.11 bits per heavy atom. The van der Waals surface area contributed by atoms with E-state index in [0.717, 1.165) is 30.8 Å². The molecule has 0 bridgehead atoms. The minimum Gasteiger partial charge on any atom is -0.497 e. The molecule has 0 saturated carbocycles. The third-order valence-electron chi connectivity index (χ3n) is 2.28. The van der Waals surface area contributed by atoms with Gasteiger partial charge in [-0.25, -0.2) is 0 Å². The van der Waals surface area contributed by atoms with E-state index in [2.05, 4.69) is 0 Å². The van der Waals surface area contributed by atoms with Crippen molar-refractivity contribution in [2.24, 2.45) is 0 Å². The summed E-state index contributed by atoms with van der Waals surface area (Å²) in [7, 11) is 1.62. The molecule has 0 spiro atoms. The van der Waals surface area contributed by atoms with E-state index >= 15 is 0 Å². The number of benzene rings is 1.